The van der Waals surface area contributed by atoms with Gasteiger partial charge in [-0.05, 0) is 59.7 Å². The molecule has 0 radical (unpaired) electrons. The molecule has 108 valence electrons. The summed E-state index contributed by atoms with van der Waals surface area (Å²) >= 11 is 2.16. The molecule has 2 rings (SSSR count). The Morgan fingerprint density at radius 3 is 2.40 bits per heavy atom. The Morgan fingerprint density at radius 2 is 1.85 bits per heavy atom. The second-order valence-electron chi connectivity index (χ2n) is 4.89. The molecule has 0 spiro atoms. The van der Waals surface area contributed by atoms with Crippen LogP contribution in [-0.2, 0) is 9.53 Å². The fourth-order valence-electron chi connectivity index (χ4n) is 2.18. The van der Waals surface area contributed by atoms with E-state index in [0.29, 0.717) is 31.6 Å². The molecule has 0 bridgehead atoms. The molecule has 2 N–H and O–H groups in total. The van der Waals surface area contributed by atoms with Gasteiger partial charge in [-0.15, -0.1) is 0 Å². The van der Waals surface area contributed by atoms with E-state index >= 15 is 0 Å². The van der Waals surface area contributed by atoms with E-state index in [1.807, 2.05) is 12.1 Å². The summed E-state index contributed by atoms with van der Waals surface area (Å²) in [5, 5.41) is 12.1. The van der Waals surface area contributed by atoms with Crippen molar-refractivity contribution in [2.24, 2.45) is 5.41 Å². The molecule has 1 aromatic rings. The zero-order chi connectivity index (χ0) is 14.6. The van der Waals surface area contributed by atoms with Crippen molar-refractivity contribution < 1.29 is 19.4 Å². The Balaban J connectivity index is 2.00. The monoisotopic (exact) mass is 389 g/mol. The van der Waals surface area contributed by atoms with Crippen LogP contribution in [0.15, 0.2) is 24.3 Å². The molecule has 1 amide bonds. The van der Waals surface area contributed by atoms with Crippen molar-refractivity contribution in [2.45, 2.75) is 12.8 Å². The first-order valence-corrected chi connectivity index (χ1v) is 7.46. The van der Waals surface area contributed by atoms with Gasteiger partial charge in [-0.2, -0.15) is 0 Å². The first-order chi connectivity index (χ1) is 9.53. The Kier molecular flexibility index (Phi) is 4.98. The van der Waals surface area contributed by atoms with Crippen LogP contribution in [0.25, 0.3) is 0 Å². The van der Waals surface area contributed by atoms with Crippen LogP contribution >= 0.6 is 22.6 Å². The number of halogens is 1. The Morgan fingerprint density at radius 1 is 1.25 bits per heavy atom. The van der Waals surface area contributed by atoms with Crippen LogP contribution < -0.4 is 5.32 Å². The number of amides is 1. The van der Waals surface area contributed by atoms with E-state index in [0.717, 1.165) is 3.57 Å². The number of hydrogen-bond acceptors (Lipinski definition) is 3. The Labute approximate surface area is 130 Å². The van der Waals surface area contributed by atoms with E-state index in [-0.39, 0.29) is 12.5 Å². The van der Waals surface area contributed by atoms with Gasteiger partial charge < -0.3 is 15.2 Å². The third-order valence-corrected chi connectivity index (χ3v) is 4.32. The molecule has 1 fully saturated rings. The molecule has 0 saturated carbocycles. The SMILES string of the molecule is O=C(NCC1(C(=O)O)CCOCC1)c1ccc(I)cc1. The Bertz CT molecular complexity index is 494. The zero-order valence-corrected chi connectivity index (χ0v) is 13.1. The summed E-state index contributed by atoms with van der Waals surface area (Å²) in [5.74, 6) is -1.11. The number of hydrogen-bond donors (Lipinski definition) is 2. The number of ether oxygens (including phenoxy) is 1. The summed E-state index contributed by atoms with van der Waals surface area (Å²) < 4.78 is 6.25. The van der Waals surface area contributed by atoms with E-state index in [9.17, 15) is 14.7 Å². The maximum absolute atomic E-state index is 12.0. The van der Waals surface area contributed by atoms with E-state index in [1.165, 1.54) is 0 Å². The number of carbonyl (C=O) groups excluding carboxylic acids is 1. The van der Waals surface area contributed by atoms with Gasteiger partial charge in [0.15, 0.2) is 0 Å². The lowest BCUT2D eigenvalue weighted by Crippen LogP contribution is -2.46. The van der Waals surface area contributed by atoms with Crippen LogP contribution in [0.5, 0.6) is 0 Å². The topological polar surface area (TPSA) is 75.6 Å². The molecule has 1 heterocycles. The number of rotatable bonds is 4. The standard InChI is InChI=1S/C14H16INO4/c15-11-3-1-10(2-4-11)12(17)16-9-14(13(18)19)5-7-20-8-6-14/h1-4H,5-9H2,(H,16,17)(H,18,19). The van der Waals surface area contributed by atoms with Crippen LogP contribution in [0.4, 0.5) is 0 Å². The third-order valence-electron chi connectivity index (χ3n) is 3.60. The van der Waals surface area contributed by atoms with E-state index < -0.39 is 11.4 Å². The van der Waals surface area contributed by atoms with Gasteiger partial charge in [0.1, 0.15) is 0 Å². The van der Waals surface area contributed by atoms with Crippen molar-refractivity contribution in [2.75, 3.05) is 19.8 Å². The maximum atomic E-state index is 12.0. The summed E-state index contributed by atoms with van der Waals surface area (Å²) in [6.45, 7) is 0.980. The number of carbonyl (C=O) groups is 2. The van der Waals surface area contributed by atoms with Crippen LogP contribution in [0.3, 0.4) is 0 Å². The molecule has 6 heteroatoms. The molecule has 1 aliphatic heterocycles. The maximum Gasteiger partial charge on any atom is 0.311 e. The second kappa shape index (κ2) is 6.53. The molecule has 0 aliphatic carbocycles. The number of carboxylic acids is 1. The van der Waals surface area contributed by atoms with E-state index in [1.54, 1.807) is 12.1 Å². The molecule has 20 heavy (non-hydrogen) atoms. The van der Waals surface area contributed by atoms with Crippen LogP contribution in [-0.4, -0.2) is 36.7 Å². The molecule has 0 aromatic heterocycles. The molecule has 5 nitrogen and oxygen atoms in total. The van der Waals surface area contributed by atoms with Gasteiger partial charge in [0.2, 0.25) is 0 Å². The average molecular weight is 389 g/mol. The van der Waals surface area contributed by atoms with Crippen LogP contribution in [0.2, 0.25) is 0 Å². The highest BCUT2D eigenvalue weighted by molar-refractivity contribution is 14.1. The first-order valence-electron chi connectivity index (χ1n) is 6.38. The largest absolute Gasteiger partial charge is 0.481 e. The minimum atomic E-state index is -0.906. The molecule has 0 atom stereocenters. The van der Waals surface area contributed by atoms with Crippen LogP contribution in [0.1, 0.15) is 23.2 Å². The molecule has 1 aliphatic rings. The Hall–Kier alpha value is -1.15. The molecule has 1 aromatic carbocycles. The van der Waals surface area contributed by atoms with Crippen molar-refractivity contribution in [1.29, 1.82) is 0 Å². The number of carboxylic acid groups (broad SMARTS) is 1. The van der Waals surface area contributed by atoms with Gasteiger partial charge >= 0.3 is 5.97 Å². The lowest BCUT2D eigenvalue weighted by molar-refractivity contribution is -0.154. The lowest BCUT2D eigenvalue weighted by Gasteiger charge is -2.33. The van der Waals surface area contributed by atoms with Gasteiger partial charge in [0, 0.05) is 28.9 Å². The summed E-state index contributed by atoms with van der Waals surface area (Å²) in [7, 11) is 0. The van der Waals surface area contributed by atoms with Crippen LogP contribution in [0, 0.1) is 8.99 Å². The first kappa shape index (κ1) is 15.2. The normalized spacial score (nSPS) is 17.4. The van der Waals surface area contributed by atoms with Gasteiger partial charge in [-0.1, -0.05) is 0 Å². The molecular formula is C14H16INO4. The van der Waals surface area contributed by atoms with Crippen molar-refractivity contribution in [3.05, 3.63) is 33.4 Å². The minimum Gasteiger partial charge on any atom is -0.481 e. The van der Waals surface area contributed by atoms with Crippen molar-refractivity contribution in [3.63, 3.8) is 0 Å². The number of benzene rings is 1. The predicted octanol–water partition coefficient (Wildman–Crippen LogP) is 1.90. The molecule has 1 saturated heterocycles. The zero-order valence-electron chi connectivity index (χ0n) is 10.9. The smallest absolute Gasteiger partial charge is 0.311 e. The quantitative estimate of drug-likeness (QED) is 0.772. The summed E-state index contributed by atoms with van der Waals surface area (Å²) in [4.78, 5) is 23.5. The number of nitrogens with one attached hydrogen (secondary N) is 1. The van der Waals surface area contributed by atoms with Crippen molar-refractivity contribution in [1.82, 2.24) is 5.32 Å². The number of aliphatic carboxylic acids is 1. The predicted molar refractivity (Wildman–Crippen MR) is 81.6 cm³/mol. The third kappa shape index (κ3) is 3.49. The molecule has 0 unspecified atom stereocenters. The average Bonchev–Trinajstić information content (AvgIpc) is 2.46. The summed E-state index contributed by atoms with van der Waals surface area (Å²) in [6, 6.07) is 7.15. The van der Waals surface area contributed by atoms with Crippen molar-refractivity contribution in [3.8, 4) is 0 Å². The highest BCUT2D eigenvalue weighted by Gasteiger charge is 2.40. The highest BCUT2D eigenvalue weighted by atomic mass is 127. The minimum absolute atomic E-state index is 0.135. The molecular weight excluding hydrogens is 373 g/mol. The van der Waals surface area contributed by atoms with Gasteiger partial charge in [-0.3, -0.25) is 9.59 Å². The highest BCUT2D eigenvalue weighted by Crippen LogP contribution is 2.30. The lowest BCUT2D eigenvalue weighted by atomic mass is 9.80. The van der Waals surface area contributed by atoms with Gasteiger partial charge in [0.25, 0.3) is 5.91 Å². The van der Waals surface area contributed by atoms with Gasteiger partial charge in [0.05, 0.1) is 5.41 Å². The second-order valence-corrected chi connectivity index (χ2v) is 6.13. The summed E-state index contributed by atoms with van der Waals surface area (Å²) in [6.07, 6.45) is 0.852. The fraction of sp³-hybridized carbons (Fsp3) is 0.429. The van der Waals surface area contributed by atoms with Gasteiger partial charge in [-0.25, -0.2) is 0 Å². The summed E-state index contributed by atoms with van der Waals surface area (Å²) in [5.41, 5.74) is -0.366. The van der Waals surface area contributed by atoms with E-state index in [2.05, 4.69) is 27.9 Å². The van der Waals surface area contributed by atoms with Crippen molar-refractivity contribution >= 4 is 34.5 Å². The van der Waals surface area contributed by atoms with E-state index in [4.69, 9.17) is 4.74 Å². The fourth-order valence-corrected chi connectivity index (χ4v) is 2.54.